The van der Waals surface area contributed by atoms with Crippen molar-refractivity contribution >= 4 is 17.5 Å². The second kappa shape index (κ2) is 4.80. The van der Waals surface area contributed by atoms with Crippen molar-refractivity contribution in [3.8, 4) is 0 Å². The summed E-state index contributed by atoms with van der Waals surface area (Å²) < 4.78 is 13.5. The summed E-state index contributed by atoms with van der Waals surface area (Å²) in [6.45, 7) is 3.03. The first-order chi connectivity index (χ1) is 7.37. The van der Waals surface area contributed by atoms with E-state index >= 15 is 0 Å². The van der Waals surface area contributed by atoms with E-state index in [1.54, 1.807) is 13.8 Å². The number of benzene rings is 1. The molecule has 88 valence electrons. The van der Waals surface area contributed by atoms with Gasteiger partial charge in [0.25, 0.3) is 5.91 Å². The minimum absolute atomic E-state index is 0.102. The van der Waals surface area contributed by atoms with Crippen LogP contribution in [0, 0.1) is 5.82 Å². The molecule has 0 heterocycles. The molecule has 5 heteroatoms. The highest BCUT2D eigenvalue weighted by atomic mass is 35.5. The summed E-state index contributed by atoms with van der Waals surface area (Å²) in [6.07, 6.45) is 0. The topological polar surface area (TPSA) is 49.3 Å². The zero-order chi connectivity index (χ0) is 12.3. The second-order valence-corrected chi connectivity index (χ2v) is 4.50. The van der Waals surface area contributed by atoms with Gasteiger partial charge in [-0.2, -0.15) is 0 Å². The van der Waals surface area contributed by atoms with Crippen molar-refractivity contribution in [1.29, 1.82) is 0 Å². The van der Waals surface area contributed by atoms with Crippen LogP contribution < -0.4 is 5.32 Å². The van der Waals surface area contributed by atoms with Crippen molar-refractivity contribution in [1.82, 2.24) is 5.32 Å². The standard InChI is InChI=1S/C11H13ClFNO2/c1-11(2,6-15)14-10(16)7-4-3-5-8(12)9(7)13/h3-5,15H,6H2,1-2H3,(H,14,16). The minimum Gasteiger partial charge on any atom is -0.394 e. The van der Waals surface area contributed by atoms with Crippen LogP contribution in [0.5, 0.6) is 0 Å². The average molecular weight is 246 g/mol. The molecule has 1 aromatic carbocycles. The first-order valence-corrected chi connectivity index (χ1v) is 5.12. The number of carbonyl (C=O) groups is 1. The van der Waals surface area contributed by atoms with Gasteiger partial charge in [0, 0.05) is 0 Å². The van der Waals surface area contributed by atoms with E-state index in [1.165, 1.54) is 18.2 Å². The van der Waals surface area contributed by atoms with Crippen molar-refractivity contribution in [2.24, 2.45) is 0 Å². The van der Waals surface area contributed by atoms with Crippen molar-refractivity contribution in [2.45, 2.75) is 19.4 Å². The van der Waals surface area contributed by atoms with Gasteiger partial charge in [-0.05, 0) is 26.0 Å². The van der Waals surface area contributed by atoms with Gasteiger partial charge in [-0.15, -0.1) is 0 Å². The predicted octanol–water partition coefficient (Wildman–Crippen LogP) is 1.98. The smallest absolute Gasteiger partial charge is 0.254 e. The van der Waals surface area contributed by atoms with Gasteiger partial charge in [0.15, 0.2) is 5.82 Å². The fraction of sp³-hybridized carbons (Fsp3) is 0.364. The summed E-state index contributed by atoms with van der Waals surface area (Å²) in [5.41, 5.74) is -0.930. The third-order valence-corrected chi connectivity index (χ3v) is 2.34. The molecule has 2 N–H and O–H groups in total. The molecule has 0 aliphatic heterocycles. The molecule has 3 nitrogen and oxygen atoms in total. The van der Waals surface area contributed by atoms with Crippen LogP contribution in [0.3, 0.4) is 0 Å². The van der Waals surface area contributed by atoms with Crippen molar-refractivity contribution in [2.75, 3.05) is 6.61 Å². The second-order valence-electron chi connectivity index (χ2n) is 4.10. The number of rotatable bonds is 3. The van der Waals surface area contributed by atoms with Gasteiger partial charge in [0.05, 0.1) is 22.7 Å². The van der Waals surface area contributed by atoms with Crippen LogP contribution in [0.15, 0.2) is 18.2 Å². The van der Waals surface area contributed by atoms with Gasteiger partial charge < -0.3 is 10.4 Å². The normalized spacial score (nSPS) is 11.3. The summed E-state index contributed by atoms with van der Waals surface area (Å²) in [5, 5.41) is 11.4. The van der Waals surface area contributed by atoms with Gasteiger partial charge >= 0.3 is 0 Å². The van der Waals surface area contributed by atoms with Crippen LogP contribution in [0.25, 0.3) is 0 Å². The minimum atomic E-state index is -0.800. The Kier molecular flexibility index (Phi) is 3.88. The lowest BCUT2D eigenvalue weighted by Gasteiger charge is -2.23. The third kappa shape index (κ3) is 2.93. The molecule has 0 aliphatic rings. The highest BCUT2D eigenvalue weighted by Crippen LogP contribution is 2.18. The van der Waals surface area contributed by atoms with Crippen LogP contribution in [0.1, 0.15) is 24.2 Å². The zero-order valence-corrected chi connectivity index (χ0v) is 9.81. The summed E-state index contributed by atoms with van der Waals surface area (Å²) in [7, 11) is 0. The molecule has 1 rings (SSSR count). The molecule has 0 saturated heterocycles. The van der Waals surface area contributed by atoms with Crippen LogP contribution in [0.2, 0.25) is 5.02 Å². The Hall–Kier alpha value is -1.13. The number of nitrogens with one attached hydrogen (secondary N) is 1. The number of hydrogen-bond acceptors (Lipinski definition) is 2. The van der Waals surface area contributed by atoms with Crippen LogP contribution in [-0.2, 0) is 0 Å². The maximum Gasteiger partial charge on any atom is 0.254 e. The first-order valence-electron chi connectivity index (χ1n) is 4.75. The largest absolute Gasteiger partial charge is 0.394 e. The Bertz CT molecular complexity index is 407. The van der Waals surface area contributed by atoms with Crippen LogP contribution in [-0.4, -0.2) is 23.2 Å². The Labute approximate surface area is 98.2 Å². The highest BCUT2D eigenvalue weighted by Gasteiger charge is 2.22. The van der Waals surface area contributed by atoms with Crippen molar-refractivity contribution in [3.63, 3.8) is 0 Å². The molecule has 0 aromatic heterocycles. The molecule has 0 saturated carbocycles. The van der Waals surface area contributed by atoms with Gasteiger partial charge in [-0.25, -0.2) is 4.39 Å². The summed E-state index contributed by atoms with van der Waals surface area (Å²) >= 11 is 5.56. The molecule has 0 fully saturated rings. The summed E-state index contributed by atoms with van der Waals surface area (Å²) in [5.74, 6) is -1.35. The van der Waals surface area contributed by atoms with Crippen molar-refractivity contribution in [3.05, 3.63) is 34.6 Å². The fourth-order valence-electron chi connectivity index (χ4n) is 1.09. The number of halogens is 2. The Morgan fingerprint density at radius 3 is 2.75 bits per heavy atom. The van der Waals surface area contributed by atoms with E-state index in [-0.39, 0.29) is 17.2 Å². The predicted molar refractivity (Wildman–Crippen MR) is 60.0 cm³/mol. The van der Waals surface area contributed by atoms with E-state index in [0.717, 1.165) is 0 Å². The van der Waals surface area contributed by atoms with Crippen LogP contribution >= 0.6 is 11.6 Å². The maximum atomic E-state index is 13.5. The lowest BCUT2D eigenvalue weighted by Crippen LogP contribution is -2.46. The quantitative estimate of drug-likeness (QED) is 0.856. The lowest BCUT2D eigenvalue weighted by atomic mass is 10.1. The molecular formula is C11H13ClFNO2. The number of carbonyl (C=O) groups excluding carboxylic acids is 1. The van der Waals surface area contributed by atoms with Gasteiger partial charge in [-0.3, -0.25) is 4.79 Å². The molecule has 0 unspecified atom stereocenters. The third-order valence-electron chi connectivity index (χ3n) is 2.04. The van der Waals surface area contributed by atoms with E-state index in [1.807, 2.05) is 0 Å². The van der Waals surface area contributed by atoms with Gasteiger partial charge in [0.2, 0.25) is 0 Å². The number of aliphatic hydroxyl groups is 1. The lowest BCUT2D eigenvalue weighted by molar-refractivity contribution is 0.0865. The molecule has 1 amide bonds. The number of aliphatic hydroxyl groups excluding tert-OH is 1. The summed E-state index contributed by atoms with van der Waals surface area (Å²) in [6, 6.07) is 4.20. The van der Waals surface area contributed by atoms with Gasteiger partial charge in [-0.1, -0.05) is 17.7 Å². The van der Waals surface area contributed by atoms with Gasteiger partial charge in [0.1, 0.15) is 0 Å². The molecule has 0 bridgehead atoms. The van der Waals surface area contributed by atoms with E-state index < -0.39 is 17.3 Å². The molecule has 0 spiro atoms. The SMILES string of the molecule is CC(C)(CO)NC(=O)c1cccc(Cl)c1F. The van der Waals surface area contributed by atoms with E-state index in [2.05, 4.69) is 5.32 Å². The maximum absolute atomic E-state index is 13.5. The monoisotopic (exact) mass is 245 g/mol. The Morgan fingerprint density at radius 2 is 2.19 bits per heavy atom. The van der Waals surface area contributed by atoms with E-state index in [0.29, 0.717) is 0 Å². The Morgan fingerprint density at radius 1 is 1.56 bits per heavy atom. The molecule has 0 radical (unpaired) electrons. The number of hydrogen-bond donors (Lipinski definition) is 2. The van der Waals surface area contributed by atoms with E-state index in [4.69, 9.17) is 16.7 Å². The van der Waals surface area contributed by atoms with Crippen molar-refractivity contribution < 1.29 is 14.3 Å². The van der Waals surface area contributed by atoms with E-state index in [9.17, 15) is 9.18 Å². The molecule has 16 heavy (non-hydrogen) atoms. The molecule has 0 atom stereocenters. The first kappa shape index (κ1) is 12.9. The molecular weight excluding hydrogens is 233 g/mol. The highest BCUT2D eigenvalue weighted by molar-refractivity contribution is 6.31. The molecule has 1 aromatic rings. The molecule has 0 aliphatic carbocycles. The number of amides is 1. The summed E-state index contributed by atoms with van der Waals surface area (Å²) in [4.78, 5) is 11.7. The average Bonchev–Trinajstić information content (AvgIpc) is 2.21. The van der Waals surface area contributed by atoms with Crippen LogP contribution in [0.4, 0.5) is 4.39 Å². The zero-order valence-electron chi connectivity index (χ0n) is 9.05. The fourth-order valence-corrected chi connectivity index (χ4v) is 1.27. The Balaban J connectivity index is 2.94.